The number of primary amides is 1. The van der Waals surface area contributed by atoms with Gasteiger partial charge in [0.2, 0.25) is 5.91 Å². The Labute approximate surface area is 123 Å². The van der Waals surface area contributed by atoms with Gasteiger partial charge in [-0.2, -0.15) is 0 Å². The Bertz CT molecular complexity index is 621. The van der Waals surface area contributed by atoms with Crippen molar-refractivity contribution in [1.82, 2.24) is 10.3 Å². The first kappa shape index (κ1) is 14.7. The Morgan fingerprint density at radius 2 is 2.20 bits per heavy atom. The molecule has 0 spiro atoms. The highest BCUT2D eigenvalue weighted by atomic mass is 32.1. The monoisotopic (exact) mass is 289 g/mol. The summed E-state index contributed by atoms with van der Waals surface area (Å²) in [6, 6.07) is 5.76. The van der Waals surface area contributed by atoms with Gasteiger partial charge in [-0.05, 0) is 44.0 Å². The summed E-state index contributed by atoms with van der Waals surface area (Å²) in [6.07, 6.45) is 1.89. The molecule has 3 N–H and O–H groups in total. The van der Waals surface area contributed by atoms with E-state index in [2.05, 4.69) is 24.1 Å². The fourth-order valence-corrected chi connectivity index (χ4v) is 2.77. The predicted molar refractivity (Wildman–Crippen MR) is 81.8 cm³/mol. The molecule has 0 saturated carbocycles. The Hall–Kier alpha value is -1.72. The van der Waals surface area contributed by atoms with Gasteiger partial charge in [0.1, 0.15) is 5.01 Å². The van der Waals surface area contributed by atoms with Crippen molar-refractivity contribution in [3.05, 3.63) is 51.0 Å². The minimum absolute atomic E-state index is 0.212. The summed E-state index contributed by atoms with van der Waals surface area (Å²) in [4.78, 5) is 16.7. The highest BCUT2D eigenvalue weighted by molar-refractivity contribution is 7.11. The molecule has 1 heterocycles. The molecule has 0 aliphatic heterocycles. The molecular formula is C15H19N3OS. The Balaban J connectivity index is 2.02. The third-order valence-electron chi connectivity index (χ3n) is 3.24. The molecule has 2 aromatic rings. The number of benzene rings is 1. The number of amides is 1. The summed E-state index contributed by atoms with van der Waals surface area (Å²) in [5, 5.41) is 4.54. The smallest absolute Gasteiger partial charge is 0.248 e. The van der Waals surface area contributed by atoms with Crippen molar-refractivity contribution in [3.8, 4) is 0 Å². The average Bonchev–Trinajstić information content (AvgIpc) is 2.83. The van der Waals surface area contributed by atoms with Gasteiger partial charge in [0.15, 0.2) is 0 Å². The quantitative estimate of drug-likeness (QED) is 0.889. The van der Waals surface area contributed by atoms with Gasteiger partial charge >= 0.3 is 0 Å². The number of hydrogen-bond acceptors (Lipinski definition) is 4. The first-order valence-corrected chi connectivity index (χ1v) is 7.34. The number of nitrogens with two attached hydrogens (primary N) is 1. The second kappa shape index (κ2) is 6.15. The Morgan fingerprint density at radius 1 is 1.45 bits per heavy atom. The topological polar surface area (TPSA) is 68.0 Å². The summed E-state index contributed by atoms with van der Waals surface area (Å²) in [6.45, 7) is 6.89. The number of hydrogen-bond donors (Lipinski definition) is 2. The van der Waals surface area contributed by atoms with E-state index < -0.39 is 0 Å². The lowest BCUT2D eigenvalue weighted by Gasteiger charge is -2.13. The molecule has 1 amide bonds. The number of nitrogens with one attached hydrogen (secondary N) is 1. The number of aromatic nitrogens is 1. The van der Waals surface area contributed by atoms with Gasteiger partial charge in [-0.1, -0.05) is 6.07 Å². The molecule has 20 heavy (non-hydrogen) atoms. The van der Waals surface area contributed by atoms with Crippen molar-refractivity contribution >= 4 is 17.2 Å². The molecule has 2 rings (SSSR count). The van der Waals surface area contributed by atoms with Gasteiger partial charge in [0, 0.05) is 23.2 Å². The molecule has 0 aliphatic rings. The van der Waals surface area contributed by atoms with Gasteiger partial charge in [-0.3, -0.25) is 4.79 Å². The zero-order valence-electron chi connectivity index (χ0n) is 11.9. The second-order valence-corrected chi connectivity index (χ2v) is 6.18. The van der Waals surface area contributed by atoms with Crippen LogP contribution < -0.4 is 11.1 Å². The van der Waals surface area contributed by atoms with Crippen LogP contribution in [-0.4, -0.2) is 10.9 Å². The number of aryl methyl sites for hydroxylation is 2. The first-order valence-electron chi connectivity index (χ1n) is 6.52. The van der Waals surface area contributed by atoms with Crippen LogP contribution >= 0.6 is 11.3 Å². The average molecular weight is 289 g/mol. The predicted octanol–water partition coefficient (Wildman–Crippen LogP) is 2.71. The lowest BCUT2D eigenvalue weighted by atomic mass is 10.0. The van der Waals surface area contributed by atoms with Crippen LogP contribution in [0, 0.1) is 13.8 Å². The van der Waals surface area contributed by atoms with E-state index in [1.165, 1.54) is 4.88 Å². The number of nitrogens with zero attached hydrogens (tertiary/aromatic N) is 1. The molecule has 1 aromatic carbocycles. The number of thiazole rings is 1. The zero-order valence-corrected chi connectivity index (χ0v) is 12.8. The van der Waals surface area contributed by atoms with Crippen LogP contribution in [0.25, 0.3) is 0 Å². The van der Waals surface area contributed by atoms with Crippen molar-refractivity contribution < 1.29 is 4.79 Å². The highest BCUT2D eigenvalue weighted by Gasteiger charge is 2.10. The SMILES string of the molecule is Cc1cnc(C(C)NCc2ccc(C(N)=O)cc2C)s1. The van der Waals surface area contributed by atoms with E-state index in [1.807, 2.05) is 25.3 Å². The summed E-state index contributed by atoms with van der Waals surface area (Å²) in [7, 11) is 0. The maximum absolute atomic E-state index is 11.1. The van der Waals surface area contributed by atoms with Gasteiger partial charge in [0.05, 0.1) is 6.04 Å². The van der Waals surface area contributed by atoms with E-state index >= 15 is 0 Å². The van der Waals surface area contributed by atoms with Crippen LogP contribution in [0.4, 0.5) is 0 Å². The van der Waals surface area contributed by atoms with E-state index in [0.717, 1.165) is 22.7 Å². The third-order valence-corrected chi connectivity index (χ3v) is 4.33. The van der Waals surface area contributed by atoms with Crippen LogP contribution in [0.15, 0.2) is 24.4 Å². The fraction of sp³-hybridized carbons (Fsp3) is 0.333. The Kier molecular flexibility index (Phi) is 4.52. The molecule has 1 aromatic heterocycles. The standard InChI is InChI=1S/C15H19N3OS/c1-9-6-12(14(16)19)4-5-13(9)8-17-11(3)15-18-7-10(2)20-15/h4-7,11,17H,8H2,1-3H3,(H2,16,19). The van der Waals surface area contributed by atoms with Crippen molar-refractivity contribution in [2.75, 3.05) is 0 Å². The molecule has 0 aliphatic carbocycles. The van der Waals surface area contributed by atoms with Crippen LogP contribution in [0.3, 0.4) is 0 Å². The van der Waals surface area contributed by atoms with Gasteiger partial charge in [-0.25, -0.2) is 4.98 Å². The van der Waals surface area contributed by atoms with E-state index in [-0.39, 0.29) is 11.9 Å². The molecule has 106 valence electrons. The van der Waals surface area contributed by atoms with E-state index in [0.29, 0.717) is 5.56 Å². The summed E-state index contributed by atoms with van der Waals surface area (Å²) in [5.41, 5.74) is 8.05. The van der Waals surface area contributed by atoms with Crippen LogP contribution in [-0.2, 0) is 6.54 Å². The third kappa shape index (κ3) is 3.43. The summed E-state index contributed by atoms with van der Waals surface area (Å²) < 4.78 is 0. The number of carbonyl (C=O) groups excluding carboxylic acids is 1. The summed E-state index contributed by atoms with van der Waals surface area (Å²) >= 11 is 1.71. The second-order valence-electron chi connectivity index (χ2n) is 4.92. The molecule has 4 nitrogen and oxygen atoms in total. The van der Waals surface area contributed by atoms with E-state index in [9.17, 15) is 4.79 Å². The summed E-state index contributed by atoms with van der Waals surface area (Å²) in [5.74, 6) is -0.390. The van der Waals surface area contributed by atoms with Gasteiger partial charge < -0.3 is 11.1 Å². The molecular weight excluding hydrogens is 270 g/mol. The normalized spacial score (nSPS) is 12.3. The number of carbonyl (C=O) groups is 1. The van der Waals surface area contributed by atoms with E-state index in [1.54, 1.807) is 17.4 Å². The maximum Gasteiger partial charge on any atom is 0.248 e. The molecule has 0 radical (unpaired) electrons. The highest BCUT2D eigenvalue weighted by Crippen LogP contribution is 2.20. The molecule has 1 atom stereocenters. The van der Waals surface area contributed by atoms with E-state index in [4.69, 9.17) is 5.73 Å². The van der Waals surface area contributed by atoms with Crippen molar-refractivity contribution in [3.63, 3.8) is 0 Å². The molecule has 0 bridgehead atoms. The lowest BCUT2D eigenvalue weighted by Crippen LogP contribution is -2.19. The van der Waals surface area contributed by atoms with Gasteiger partial charge in [-0.15, -0.1) is 11.3 Å². The van der Waals surface area contributed by atoms with Crippen molar-refractivity contribution in [2.24, 2.45) is 5.73 Å². The molecule has 5 heteroatoms. The number of rotatable bonds is 5. The fourth-order valence-electron chi connectivity index (χ4n) is 1.97. The van der Waals surface area contributed by atoms with Crippen LogP contribution in [0.5, 0.6) is 0 Å². The van der Waals surface area contributed by atoms with Crippen LogP contribution in [0.1, 0.15) is 44.3 Å². The molecule has 1 unspecified atom stereocenters. The van der Waals surface area contributed by atoms with Crippen molar-refractivity contribution in [2.45, 2.75) is 33.4 Å². The maximum atomic E-state index is 11.1. The van der Waals surface area contributed by atoms with Crippen molar-refractivity contribution in [1.29, 1.82) is 0 Å². The molecule has 0 fully saturated rings. The van der Waals surface area contributed by atoms with Crippen LogP contribution in [0.2, 0.25) is 0 Å². The lowest BCUT2D eigenvalue weighted by molar-refractivity contribution is 0.1000. The van der Waals surface area contributed by atoms with Gasteiger partial charge in [0.25, 0.3) is 0 Å². The zero-order chi connectivity index (χ0) is 14.7. The minimum atomic E-state index is -0.390. The first-order chi connectivity index (χ1) is 9.47. The minimum Gasteiger partial charge on any atom is -0.366 e. The largest absolute Gasteiger partial charge is 0.366 e. The molecule has 0 saturated heterocycles. The Morgan fingerprint density at radius 3 is 2.75 bits per heavy atom.